The highest BCUT2D eigenvalue weighted by Crippen LogP contribution is 2.26. The van der Waals surface area contributed by atoms with Gasteiger partial charge in [-0.2, -0.15) is 5.10 Å². The lowest BCUT2D eigenvalue weighted by molar-refractivity contribution is 0.0784. The maximum absolute atomic E-state index is 14.2. The Morgan fingerprint density at radius 2 is 1.73 bits per heavy atom. The average Bonchev–Trinajstić information content (AvgIpc) is 3.32. The smallest absolute Gasteiger partial charge is 0.272 e. The molecule has 4 rings (SSSR count). The number of nitrogens with zero attached hydrogens (tertiary/aromatic N) is 3. The van der Waals surface area contributed by atoms with Crippen molar-refractivity contribution >= 4 is 5.91 Å². The molecule has 2 aromatic carbocycles. The first-order valence-corrected chi connectivity index (χ1v) is 8.85. The van der Waals surface area contributed by atoms with Crippen LogP contribution in [0, 0.1) is 12.7 Å². The van der Waals surface area contributed by atoms with Gasteiger partial charge in [0.05, 0.1) is 11.4 Å². The summed E-state index contributed by atoms with van der Waals surface area (Å²) in [5.41, 5.74) is 3.25. The monoisotopic (exact) mass is 349 g/mol. The Morgan fingerprint density at radius 3 is 2.42 bits per heavy atom. The summed E-state index contributed by atoms with van der Waals surface area (Å²) in [6.45, 7) is 3.52. The Kier molecular flexibility index (Phi) is 4.29. The third-order valence-electron chi connectivity index (χ3n) is 4.75. The van der Waals surface area contributed by atoms with E-state index in [1.165, 1.54) is 6.07 Å². The highest BCUT2D eigenvalue weighted by atomic mass is 19.1. The number of amides is 1. The predicted octanol–water partition coefficient (Wildman–Crippen LogP) is 4.22. The molecular formula is C21H20FN3O. The van der Waals surface area contributed by atoms with Crippen molar-refractivity contribution in [2.45, 2.75) is 19.8 Å². The van der Waals surface area contributed by atoms with E-state index in [0.29, 0.717) is 17.0 Å². The van der Waals surface area contributed by atoms with Crippen LogP contribution in [0.2, 0.25) is 0 Å². The fourth-order valence-electron chi connectivity index (χ4n) is 3.30. The number of halogens is 1. The van der Waals surface area contributed by atoms with Crippen molar-refractivity contribution in [2.24, 2.45) is 0 Å². The number of carbonyl (C=O) groups is 1. The Bertz CT molecular complexity index is 940. The molecule has 0 saturated carbocycles. The van der Waals surface area contributed by atoms with Crippen molar-refractivity contribution < 1.29 is 9.18 Å². The largest absolute Gasteiger partial charge is 0.337 e. The number of hydrogen-bond donors (Lipinski definition) is 0. The van der Waals surface area contributed by atoms with Gasteiger partial charge in [-0.05, 0) is 50.1 Å². The summed E-state index contributed by atoms with van der Waals surface area (Å²) >= 11 is 0. The number of benzene rings is 2. The van der Waals surface area contributed by atoms with E-state index < -0.39 is 0 Å². The van der Waals surface area contributed by atoms with Gasteiger partial charge in [-0.15, -0.1) is 0 Å². The number of aryl methyl sites for hydroxylation is 1. The second-order valence-corrected chi connectivity index (χ2v) is 6.64. The van der Waals surface area contributed by atoms with Crippen LogP contribution in [0.15, 0.2) is 54.6 Å². The minimum absolute atomic E-state index is 0.0573. The summed E-state index contributed by atoms with van der Waals surface area (Å²) in [5.74, 6) is -0.403. The van der Waals surface area contributed by atoms with E-state index in [1.807, 2.05) is 36.1 Å². The van der Waals surface area contributed by atoms with Gasteiger partial charge in [0.15, 0.2) is 0 Å². The van der Waals surface area contributed by atoms with Crippen LogP contribution in [0.1, 0.15) is 28.9 Å². The van der Waals surface area contributed by atoms with Gasteiger partial charge in [0.2, 0.25) is 0 Å². The van der Waals surface area contributed by atoms with Crippen LogP contribution >= 0.6 is 0 Å². The van der Waals surface area contributed by atoms with Crippen LogP contribution in [0.3, 0.4) is 0 Å². The van der Waals surface area contributed by atoms with Gasteiger partial charge in [0.25, 0.3) is 5.91 Å². The Hall–Kier alpha value is -2.95. The van der Waals surface area contributed by atoms with Crippen molar-refractivity contribution in [2.75, 3.05) is 13.1 Å². The van der Waals surface area contributed by atoms with Crippen LogP contribution < -0.4 is 0 Å². The first-order chi connectivity index (χ1) is 12.6. The summed E-state index contributed by atoms with van der Waals surface area (Å²) < 4.78 is 15.9. The van der Waals surface area contributed by atoms with E-state index in [1.54, 1.807) is 28.9 Å². The topological polar surface area (TPSA) is 38.1 Å². The predicted molar refractivity (Wildman–Crippen MR) is 98.8 cm³/mol. The molecule has 2 heterocycles. The maximum atomic E-state index is 14.2. The average molecular weight is 349 g/mol. The third-order valence-corrected chi connectivity index (χ3v) is 4.75. The molecule has 0 radical (unpaired) electrons. The van der Waals surface area contributed by atoms with Crippen LogP contribution in [0.4, 0.5) is 4.39 Å². The zero-order valence-corrected chi connectivity index (χ0v) is 14.7. The maximum Gasteiger partial charge on any atom is 0.272 e. The molecule has 0 bridgehead atoms. The van der Waals surface area contributed by atoms with Gasteiger partial charge in [-0.1, -0.05) is 29.8 Å². The molecule has 0 aliphatic carbocycles. The van der Waals surface area contributed by atoms with Crippen molar-refractivity contribution in [1.29, 1.82) is 0 Å². The number of aromatic nitrogens is 2. The number of rotatable bonds is 3. The molecule has 5 heteroatoms. The molecule has 26 heavy (non-hydrogen) atoms. The SMILES string of the molecule is Cc1ccc(-n2nc(-c3ccccc3F)cc2C(=O)N2CCCC2)cc1. The molecule has 3 aromatic rings. The minimum atomic E-state index is -0.346. The van der Waals surface area contributed by atoms with Crippen LogP contribution in [0.5, 0.6) is 0 Å². The lowest BCUT2D eigenvalue weighted by Crippen LogP contribution is -2.29. The van der Waals surface area contributed by atoms with Gasteiger partial charge in [0.1, 0.15) is 11.5 Å². The molecule has 1 amide bonds. The van der Waals surface area contributed by atoms with Gasteiger partial charge in [-0.25, -0.2) is 9.07 Å². The van der Waals surface area contributed by atoms with Crippen molar-refractivity contribution in [3.05, 3.63) is 71.7 Å². The lowest BCUT2D eigenvalue weighted by Gasteiger charge is -2.16. The fraction of sp³-hybridized carbons (Fsp3) is 0.238. The molecule has 4 nitrogen and oxygen atoms in total. The summed E-state index contributed by atoms with van der Waals surface area (Å²) in [7, 11) is 0. The lowest BCUT2D eigenvalue weighted by atomic mass is 10.1. The second kappa shape index (κ2) is 6.75. The van der Waals surface area contributed by atoms with Crippen LogP contribution in [-0.2, 0) is 0 Å². The minimum Gasteiger partial charge on any atom is -0.337 e. The summed E-state index contributed by atoms with van der Waals surface area (Å²) in [5, 5.41) is 4.56. The van der Waals surface area contributed by atoms with E-state index in [-0.39, 0.29) is 11.7 Å². The van der Waals surface area contributed by atoms with Crippen LogP contribution in [0.25, 0.3) is 16.9 Å². The molecule has 1 aliphatic heterocycles. The highest BCUT2D eigenvalue weighted by molar-refractivity contribution is 5.94. The van der Waals surface area contributed by atoms with Crippen molar-refractivity contribution in [3.8, 4) is 16.9 Å². The van der Waals surface area contributed by atoms with E-state index in [2.05, 4.69) is 5.10 Å². The summed E-state index contributed by atoms with van der Waals surface area (Å²) in [6.07, 6.45) is 2.04. The van der Waals surface area contributed by atoms with E-state index in [4.69, 9.17) is 0 Å². The Labute approximate surface area is 151 Å². The summed E-state index contributed by atoms with van der Waals surface area (Å²) in [4.78, 5) is 14.8. The molecule has 1 fully saturated rings. The molecule has 1 aromatic heterocycles. The molecule has 0 spiro atoms. The molecule has 1 saturated heterocycles. The molecule has 132 valence electrons. The van der Waals surface area contributed by atoms with Gasteiger partial charge in [0, 0.05) is 18.7 Å². The quantitative estimate of drug-likeness (QED) is 0.710. The van der Waals surface area contributed by atoms with E-state index in [0.717, 1.165) is 37.2 Å². The Morgan fingerprint density at radius 1 is 1.04 bits per heavy atom. The zero-order chi connectivity index (χ0) is 18.1. The van der Waals surface area contributed by atoms with E-state index in [9.17, 15) is 9.18 Å². The molecule has 1 aliphatic rings. The van der Waals surface area contributed by atoms with Crippen LogP contribution in [-0.4, -0.2) is 33.7 Å². The third kappa shape index (κ3) is 3.01. The van der Waals surface area contributed by atoms with Gasteiger partial charge < -0.3 is 4.90 Å². The van der Waals surface area contributed by atoms with Gasteiger partial charge in [-0.3, -0.25) is 4.79 Å². The van der Waals surface area contributed by atoms with Crippen molar-refractivity contribution in [1.82, 2.24) is 14.7 Å². The number of carbonyl (C=O) groups excluding carboxylic acids is 1. The zero-order valence-electron chi connectivity index (χ0n) is 14.7. The molecule has 0 N–H and O–H groups in total. The summed E-state index contributed by atoms with van der Waals surface area (Å²) in [6, 6.07) is 16.0. The Balaban J connectivity index is 1.83. The standard InChI is InChI=1S/C21H20FN3O/c1-15-8-10-16(11-9-15)25-20(21(26)24-12-4-5-13-24)14-19(23-25)17-6-2-3-7-18(17)22/h2-3,6-11,14H,4-5,12-13H2,1H3. The fourth-order valence-corrected chi connectivity index (χ4v) is 3.30. The first kappa shape index (κ1) is 16.5. The highest BCUT2D eigenvalue weighted by Gasteiger charge is 2.25. The number of likely N-dealkylation sites (tertiary alicyclic amines) is 1. The normalized spacial score (nSPS) is 14.0. The first-order valence-electron chi connectivity index (χ1n) is 8.85. The van der Waals surface area contributed by atoms with Gasteiger partial charge >= 0.3 is 0 Å². The van der Waals surface area contributed by atoms with Crippen molar-refractivity contribution in [3.63, 3.8) is 0 Å². The molecule has 0 unspecified atom stereocenters. The molecular weight excluding hydrogens is 329 g/mol. The van der Waals surface area contributed by atoms with E-state index >= 15 is 0 Å². The number of hydrogen-bond acceptors (Lipinski definition) is 2. The second-order valence-electron chi connectivity index (χ2n) is 6.64. The molecule has 0 atom stereocenters.